The van der Waals surface area contributed by atoms with Gasteiger partial charge < -0.3 is 5.73 Å². The van der Waals surface area contributed by atoms with E-state index in [4.69, 9.17) is 5.73 Å². The molecule has 0 amide bonds. The van der Waals surface area contributed by atoms with Gasteiger partial charge in [-0.15, -0.1) is 10.2 Å². The van der Waals surface area contributed by atoms with Crippen molar-refractivity contribution in [2.75, 3.05) is 11.5 Å². The Morgan fingerprint density at radius 1 is 1.33 bits per heavy atom. The molecule has 0 atom stereocenters. The Hall–Kier alpha value is -1.56. The van der Waals surface area contributed by atoms with Crippen LogP contribution in [0.15, 0.2) is 29.6 Å². The van der Waals surface area contributed by atoms with Crippen LogP contribution < -0.4 is 5.73 Å². The van der Waals surface area contributed by atoms with Gasteiger partial charge in [-0.1, -0.05) is 17.8 Å². The molecule has 0 saturated heterocycles. The van der Waals surface area contributed by atoms with E-state index in [1.807, 2.05) is 29.0 Å². The normalized spacial score (nSPS) is 11.1. The van der Waals surface area contributed by atoms with E-state index >= 15 is 0 Å². The topological polar surface area (TPSA) is 69.6 Å². The molecule has 0 spiro atoms. The van der Waals surface area contributed by atoms with Gasteiger partial charge in [0.25, 0.3) is 0 Å². The molecule has 0 aliphatic carbocycles. The highest BCUT2D eigenvalue weighted by molar-refractivity contribution is 7.99. The van der Waals surface area contributed by atoms with Crippen LogP contribution in [0.4, 0.5) is 5.95 Å². The summed E-state index contributed by atoms with van der Waals surface area (Å²) in [5.74, 6) is 1.40. The van der Waals surface area contributed by atoms with Gasteiger partial charge >= 0.3 is 0 Å². The fourth-order valence-electron chi connectivity index (χ4n) is 1.67. The molecule has 0 fully saturated rings. The van der Waals surface area contributed by atoms with Gasteiger partial charge in [-0.2, -0.15) is 0 Å². The molecule has 2 heterocycles. The predicted molar refractivity (Wildman–Crippen MR) is 73.5 cm³/mol. The Morgan fingerprint density at radius 3 is 2.83 bits per heavy atom. The van der Waals surface area contributed by atoms with E-state index in [0.717, 1.165) is 23.0 Å². The zero-order valence-electron chi connectivity index (χ0n) is 10.6. The molecule has 0 saturated carbocycles. The molecule has 2 aromatic heterocycles. The number of pyridine rings is 1. The molecule has 2 rings (SSSR count). The number of nitrogen functional groups attached to an aromatic ring is 1. The van der Waals surface area contributed by atoms with Crippen molar-refractivity contribution in [2.45, 2.75) is 31.5 Å². The van der Waals surface area contributed by atoms with Crippen LogP contribution in [-0.4, -0.2) is 25.5 Å². The van der Waals surface area contributed by atoms with Crippen LogP contribution in [0.5, 0.6) is 0 Å². The van der Waals surface area contributed by atoms with Crippen molar-refractivity contribution >= 4 is 17.7 Å². The lowest BCUT2D eigenvalue weighted by molar-refractivity contribution is 0.557. The summed E-state index contributed by atoms with van der Waals surface area (Å²) in [6, 6.07) is 6.23. The summed E-state index contributed by atoms with van der Waals surface area (Å²) in [5, 5.41) is 8.89. The zero-order chi connectivity index (χ0) is 13.0. The number of hydrogen-bond donors (Lipinski definition) is 1. The van der Waals surface area contributed by atoms with Gasteiger partial charge in [0.05, 0.1) is 0 Å². The molecule has 0 aliphatic heterocycles. The number of anilines is 1. The van der Waals surface area contributed by atoms with E-state index in [0.29, 0.717) is 5.95 Å². The number of aryl methyl sites for hydroxylation is 1. The lowest BCUT2D eigenvalue weighted by atomic mass is 10.3. The summed E-state index contributed by atoms with van der Waals surface area (Å²) in [4.78, 5) is 4.29. The Bertz CT molecular complexity index is 494. The smallest absolute Gasteiger partial charge is 0.222 e. The van der Waals surface area contributed by atoms with Crippen LogP contribution >= 0.6 is 11.8 Å². The summed E-state index contributed by atoms with van der Waals surface area (Å²) >= 11 is 1.66. The summed E-state index contributed by atoms with van der Waals surface area (Å²) < 4.78 is 1.95. The van der Waals surface area contributed by atoms with Crippen molar-refractivity contribution < 1.29 is 0 Å². The molecule has 0 aromatic carbocycles. The Balaban J connectivity index is 1.95. The van der Waals surface area contributed by atoms with Crippen LogP contribution in [0.1, 0.15) is 25.6 Å². The number of aromatic nitrogens is 4. The highest BCUT2D eigenvalue weighted by atomic mass is 32.2. The van der Waals surface area contributed by atoms with E-state index in [9.17, 15) is 0 Å². The van der Waals surface area contributed by atoms with E-state index in [1.54, 1.807) is 11.8 Å². The third-order valence-electron chi connectivity index (χ3n) is 2.52. The lowest BCUT2D eigenvalue weighted by Gasteiger charge is -2.10. The largest absolute Gasteiger partial charge is 0.368 e. The third-order valence-corrected chi connectivity index (χ3v) is 3.47. The maximum atomic E-state index is 5.79. The maximum Gasteiger partial charge on any atom is 0.222 e. The third kappa shape index (κ3) is 3.01. The first-order valence-corrected chi connectivity index (χ1v) is 6.90. The molecule has 0 aliphatic rings. The summed E-state index contributed by atoms with van der Waals surface area (Å²) in [5.41, 5.74) is 6.88. The van der Waals surface area contributed by atoms with E-state index < -0.39 is 0 Å². The van der Waals surface area contributed by atoms with E-state index in [1.165, 1.54) is 0 Å². The first-order valence-electron chi connectivity index (χ1n) is 5.91. The summed E-state index contributed by atoms with van der Waals surface area (Å²) in [7, 11) is 0. The lowest BCUT2D eigenvalue weighted by Crippen LogP contribution is -2.07. The highest BCUT2D eigenvalue weighted by Crippen LogP contribution is 2.22. The second-order valence-electron chi connectivity index (χ2n) is 4.22. The fourth-order valence-corrected chi connectivity index (χ4v) is 2.70. The maximum absolute atomic E-state index is 5.79. The Labute approximate surface area is 111 Å². The minimum Gasteiger partial charge on any atom is -0.368 e. The SMILES string of the molecule is CC(C)n1c(N)nnc1SCCc1ccccn1. The minimum atomic E-state index is 0.275. The summed E-state index contributed by atoms with van der Waals surface area (Å²) in [6.45, 7) is 4.14. The number of nitrogens with zero attached hydrogens (tertiary/aromatic N) is 4. The van der Waals surface area contributed by atoms with Crippen molar-refractivity contribution in [3.05, 3.63) is 30.1 Å². The van der Waals surface area contributed by atoms with Gasteiger partial charge in [0.1, 0.15) is 0 Å². The first-order chi connectivity index (χ1) is 8.68. The predicted octanol–water partition coefficient (Wildman–Crippen LogP) is 2.17. The standard InChI is InChI=1S/C12H17N5S/c1-9(2)17-11(13)15-16-12(17)18-8-6-10-5-3-4-7-14-10/h3-5,7,9H,6,8H2,1-2H3,(H2,13,15). The van der Waals surface area contributed by atoms with Gasteiger partial charge in [0.15, 0.2) is 5.16 Å². The van der Waals surface area contributed by atoms with Crippen LogP contribution in [0.25, 0.3) is 0 Å². The second-order valence-corrected chi connectivity index (χ2v) is 5.29. The molecule has 5 nitrogen and oxygen atoms in total. The number of thioether (sulfide) groups is 1. The van der Waals surface area contributed by atoms with Crippen molar-refractivity contribution in [3.8, 4) is 0 Å². The van der Waals surface area contributed by atoms with Gasteiger partial charge in [-0.3, -0.25) is 9.55 Å². The molecule has 2 N–H and O–H groups in total. The summed E-state index contributed by atoms with van der Waals surface area (Å²) in [6.07, 6.45) is 2.73. The van der Waals surface area contributed by atoms with Crippen molar-refractivity contribution in [2.24, 2.45) is 0 Å². The number of rotatable bonds is 5. The molecule has 18 heavy (non-hydrogen) atoms. The Morgan fingerprint density at radius 2 is 2.17 bits per heavy atom. The van der Waals surface area contributed by atoms with Crippen LogP contribution in [0.3, 0.4) is 0 Å². The van der Waals surface area contributed by atoms with Crippen LogP contribution in [-0.2, 0) is 6.42 Å². The van der Waals surface area contributed by atoms with Gasteiger partial charge in [0, 0.05) is 23.7 Å². The van der Waals surface area contributed by atoms with Gasteiger partial charge in [-0.25, -0.2) is 0 Å². The number of nitrogens with two attached hydrogens (primary N) is 1. The van der Waals surface area contributed by atoms with Gasteiger partial charge in [0.2, 0.25) is 5.95 Å². The zero-order valence-corrected chi connectivity index (χ0v) is 11.4. The average molecular weight is 263 g/mol. The number of hydrogen-bond acceptors (Lipinski definition) is 5. The van der Waals surface area contributed by atoms with Crippen LogP contribution in [0, 0.1) is 0 Å². The molecule has 0 radical (unpaired) electrons. The molecular weight excluding hydrogens is 246 g/mol. The Kier molecular flexibility index (Phi) is 4.19. The molecule has 0 unspecified atom stereocenters. The average Bonchev–Trinajstić information content (AvgIpc) is 2.72. The van der Waals surface area contributed by atoms with E-state index in [2.05, 4.69) is 29.0 Å². The molecule has 2 aromatic rings. The highest BCUT2D eigenvalue weighted by Gasteiger charge is 2.12. The van der Waals surface area contributed by atoms with Crippen molar-refractivity contribution in [1.29, 1.82) is 0 Å². The van der Waals surface area contributed by atoms with Crippen molar-refractivity contribution in [1.82, 2.24) is 19.7 Å². The molecule has 96 valence electrons. The molecular formula is C12H17N5S. The van der Waals surface area contributed by atoms with Crippen LogP contribution in [0.2, 0.25) is 0 Å². The van der Waals surface area contributed by atoms with Crippen molar-refractivity contribution in [3.63, 3.8) is 0 Å². The molecule has 6 heteroatoms. The monoisotopic (exact) mass is 263 g/mol. The quantitative estimate of drug-likeness (QED) is 0.837. The van der Waals surface area contributed by atoms with Gasteiger partial charge in [-0.05, 0) is 32.4 Å². The fraction of sp³-hybridized carbons (Fsp3) is 0.417. The minimum absolute atomic E-state index is 0.275. The molecule has 0 bridgehead atoms. The first kappa shape index (κ1) is 12.9. The second kappa shape index (κ2) is 5.86. The van der Waals surface area contributed by atoms with E-state index in [-0.39, 0.29) is 6.04 Å².